The molecule has 0 saturated heterocycles. The zero-order chi connectivity index (χ0) is 15.1. The van der Waals surface area contributed by atoms with Gasteiger partial charge in [0.15, 0.2) is 4.32 Å². The molecule has 0 radical (unpaired) electrons. The number of rotatable bonds is 10. The van der Waals surface area contributed by atoms with Gasteiger partial charge in [-0.15, -0.1) is 11.7 Å². The van der Waals surface area contributed by atoms with E-state index in [9.17, 15) is 0 Å². The largest absolute Gasteiger partial charge is 0.261 e. The molecule has 0 bridgehead atoms. The van der Waals surface area contributed by atoms with E-state index in [0.29, 0.717) is 0 Å². The van der Waals surface area contributed by atoms with Gasteiger partial charge >= 0.3 is 0 Å². The monoisotopic (exact) mass is 352 g/mol. The maximum Gasteiger partial charge on any atom is 0.159 e. The van der Waals surface area contributed by atoms with E-state index in [4.69, 9.17) is 23.9 Å². The number of unbranched alkanes of at least 4 members (excludes halogenated alkanes) is 6. The molecule has 1 aliphatic rings. The maximum atomic E-state index is 5.32. The number of hydrazone groups is 1. The Hall–Kier alpha value is 0.610. The minimum absolute atomic E-state index is 0.211. The molecule has 0 fully saturated rings. The first-order valence-electron chi connectivity index (χ1n) is 7.49. The van der Waals surface area contributed by atoms with Gasteiger partial charge in [0, 0.05) is 4.75 Å². The van der Waals surface area contributed by atoms with Crippen molar-refractivity contribution in [2.24, 2.45) is 5.10 Å². The average molecular weight is 353 g/mol. The van der Waals surface area contributed by atoms with Crippen molar-refractivity contribution in [1.82, 2.24) is 5.43 Å². The lowest BCUT2D eigenvalue weighted by atomic mass is 10.0. The quantitative estimate of drug-likeness (QED) is 0.217. The van der Waals surface area contributed by atoms with E-state index in [-0.39, 0.29) is 4.75 Å². The molecule has 0 spiro atoms. The van der Waals surface area contributed by atoms with Crippen molar-refractivity contribution in [3.05, 3.63) is 0 Å². The highest BCUT2D eigenvalue weighted by atomic mass is 33.5. The topological polar surface area (TPSA) is 24.4 Å². The number of hydrogen-bond donors (Lipinski definition) is 2. The Labute approximate surface area is 139 Å². The fourth-order valence-electron chi connectivity index (χ4n) is 2.22. The number of hydrogen-bond acceptors (Lipinski definition) is 4. The predicted octanol–water partition coefficient (Wildman–Crippen LogP) is 6.03. The first-order valence-corrected chi connectivity index (χ1v) is 12.0. The molecule has 118 valence electrons. The summed E-state index contributed by atoms with van der Waals surface area (Å²) in [4.78, 5) is 0. The Bertz CT molecular complexity index is 344. The fraction of sp³-hybridized carbons (Fsp3) is 0.857. The second-order valence-electron chi connectivity index (χ2n) is 5.92. The summed E-state index contributed by atoms with van der Waals surface area (Å²) >= 11 is 10.1. The molecule has 2 nitrogen and oxygen atoms in total. The van der Waals surface area contributed by atoms with Crippen LogP contribution in [-0.2, 0) is 0 Å². The molecule has 0 amide bonds. The van der Waals surface area contributed by atoms with Crippen molar-refractivity contribution in [1.29, 1.82) is 0 Å². The molecule has 1 rings (SSSR count). The second-order valence-corrected chi connectivity index (χ2v) is 14.2. The van der Waals surface area contributed by atoms with E-state index >= 15 is 0 Å². The molecule has 0 aromatic carbocycles. The normalized spacial score (nSPS) is 25.5. The van der Waals surface area contributed by atoms with E-state index < -0.39 is 8.09 Å². The summed E-state index contributed by atoms with van der Waals surface area (Å²) in [6, 6.07) is 0. The van der Waals surface area contributed by atoms with Gasteiger partial charge in [0.05, 0.1) is 5.55 Å². The van der Waals surface area contributed by atoms with Crippen molar-refractivity contribution >= 4 is 52.6 Å². The Balaban J connectivity index is 2.21. The van der Waals surface area contributed by atoms with Crippen molar-refractivity contribution < 1.29 is 0 Å². The number of thiocarbonyl (C=S) groups is 1. The first-order chi connectivity index (χ1) is 9.40. The molecular weight excluding hydrogens is 324 g/mol. The number of thiol groups is 1. The molecule has 0 aliphatic carbocycles. The van der Waals surface area contributed by atoms with Crippen LogP contribution in [0, 0.1) is 0 Å². The Morgan fingerprint density at radius 2 is 1.85 bits per heavy atom. The molecule has 6 heteroatoms. The molecule has 0 aromatic heterocycles. The third-order valence-corrected chi connectivity index (χ3v) is 11.2. The number of nitrogens with zero attached hydrogens (tertiary/aromatic N) is 1. The van der Waals surface area contributed by atoms with Crippen LogP contribution < -0.4 is 5.43 Å². The lowest BCUT2D eigenvalue weighted by Gasteiger charge is -2.34. The Kier molecular flexibility index (Phi) is 8.31. The third kappa shape index (κ3) is 6.58. The zero-order valence-corrected chi connectivity index (χ0v) is 16.2. The third-order valence-electron chi connectivity index (χ3n) is 3.35. The van der Waals surface area contributed by atoms with E-state index in [1.165, 1.54) is 51.4 Å². The fourth-order valence-corrected chi connectivity index (χ4v) is 9.20. The summed E-state index contributed by atoms with van der Waals surface area (Å²) in [6.07, 6.45) is 10.7. The van der Waals surface area contributed by atoms with Crippen LogP contribution >= 0.6 is 42.8 Å². The highest BCUT2D eigenvalue weighted by Crippen LogP contribution is 2.68. The molecule has 0 aromatic rings. The van der Waals surface area contributed by atoms with E-state index in [1.807, 2.05) is 16.3 Å². The zero-order valence-electron chi connectivity index (χ0n) is 12.9. The molecule has 1 atom stereocenters. The smallest absolute Gasteiger partial charge is 0.159 e. The first kappa shape index (κ1) is 18.7. The molecule has 0 saturated carbocycles. The molecule has 20 heavy (non-hydrogen) atoms. The van der Waals surface area contributed by atoms with Crippen molar-refractivity contribution in [2.75, 3.05) is 0 Å². The SMILES string of the molecule is CCCCCCCCCC(C)(C)SS1(S)C=NNC1=S. The van der Waals surface area contributed by atoms with Crippen LogP contribution in [0.5, 0.6) is 0 Å². The van der Waals surface area contributed by atoms with Gasteiger partial charge in [-0.3, -0.25) is 5.43 Å². The summed E-state index contributed by atoms with van der Waals surface area (Å²) in [5, 5.41) is 4.06. The molecule has 1 heterocycles. The van der Waals surface area contributed by atoms with Gasteiger partial charge in [-0.05, 0) is 20.3 Å². The van der Waals surface area contributed by atoms with Crippen LogP contribution in [0.25, 0.3) is 0 Å². The van der Waals surface area contributed by atoms with E-state index in [2.05, 4.69) is 31.3 Å². The minimum atomic E-state index is -1.36. The lowest BCUT2D eigenvalue weighted by Crippen LogP contribution is -2.19. The molecule has 1 unspecified atom stereocenters. The Morgan fingerprint density at radius 3 is 2.40 bits per heavy atom. The average Bonchev–Trinajstić information content (AvgIpc) is 2.67. The van der Waals surface area contributed by atoms with Gasteiger partial charge in [0.25, 0.3) is 0 Å². The van der Waals surface area contributed by atoms with Crippen LogP contribution in [0.4, 0.5) is 0 Å². The van der Waals surface area contributed by atoms with Gasteiger partial charge in [-0.25, -0.2) is 0 Å². The number of nitrogens with one attached hydrogen (secondary N) is 1. The minimum Gasteiger partial charge on any atom is -0.261 e. The summed E-state index contributed by atoms with van der Waals surface area (Å²) in [5.74, 6) is 0. The summed E-state index contributed by atoms with van der Waals surface area (Å²) in [7, 11) is 0.531. The second kappa shape index (κ2) is 8.91. The van der Waals surface area contributed by atoms with Crippen LogP contribution in [0.2, 0.25) is 0 Å². The Morgan fingerprint density at radius 1 is 1.25 bits per heavy atom. The maximum absolute atomic E-state index is 5.32. The van der Waals surface area contributed by atoms with Gasteiger partial charge in [-0.1, -0.05) is 83.0 Å². The molecule has 1 N–H and O–H groups in total. The van der Waals surface area contributed by atoms with Crippen LogP contribution in [0.3, 0.4) is 0 Å². The van der Waals surface area contributed by atoms with Crippen LogP contribution in [0.15, 0.2) is 5.10 Å². The predicted molar refractivity (Wildman–Crippen MR) is 105 cm³/mol. The highest BCUT2D eigenvalue weighted by Gasteiger charge is 2.35. The van der Waals surface area contributed by atoms with Gasteiger partial charge < -0.3 is 0 Å². The summed E-state index contributed by atoms with van der Waals surface area (Å²) < 4.78 is 1.00. The van der Waals surface area contributed by atoms with E-state index in [0.717, 1.165) is 4.32 Å². The molecular formula is C14H28N2S4. The van der Waals surface area contributed by atoms with Crippen molar-refractivity contribution in [2.45, 2.75) is 76.9 Å². The van der Waals surface area contributed by atoms with Crippen LogP contribution in [-0.4, -0.2) is 14.6 Å². The van der Waals surface area contributed by atoms with Crippen molar-refractivity contribution in [3.8, 4) is 0 Å². The summed E-state index contributed by atoms with van der Waals surface area (Å²) in [6.45, 7) is 6.87. The highest BCUT2D eigenvalue weighted by molar-refractivity contribution is 9.31. The van der Waals surface area contributed by atoms with Gasteiger partial charge in [-0.2, -0.15) is 5.10 Å². The lowest BCUT2D eigenvalue weighted by molar-refractivity contribution is 0.538. The van der Waals surface area contributed by atoms with E-state index in [1.54, 1.807) is 0 Å². The van der Waals surface area contributed by atoms with Gasteiger partial charge in [0.2, 0.25) is 0 Å². The summed E-state index contributed by atoms with van der Waals surface area (Å²) in [5.41, 5.74) is 4.77. The standard InChI is InChI=1S/C14H28N2S4/c1-4-5-6-7-8-9-10-11-14(2,3)19-20(18)12-15-16-13(20)17/h12,18H,4-11H2,1-3H3,(H,16,17). The van der Waals surface area contributed by atoms with Crippen molar-refractivity contribution in [3.63, 3.8) is 0 Å². The van der Waals surface area contributed by atoms with Crippen LogP contribution in [0.1, 0.15) is 72.1 Å². The molecule has 1 aliphatic heterocycles. The van der Waals surface area contributed by atoms with Gasteiger partial charge in [0.1, 0.15) is 0 Å².